The van der Waals surface area contributed by atoms with Crippen molar-refractivity contribution in [2.45, 2.75) is 26.2 Å². The zero-order valence-corrected chi connectivity index (χ0v) is 12.9. The van der Waals surface area contributed by atoms with Crippen molar-refractivity contribution in [3.05, 3.63) is 33.8 Å². The number of likely N-dealkylation sites (tertiary alicyclic amines) is 1. The lowest BCUT2D eigenvalue weighted by Gasteiger charge is -2.19. The molecule has 0 N–H and O–H groups in total. The standard InChI is InChI=1S/C15H17Cl2NO2/c1-10-2-5-15(20)18(7-6-10)9-14(19)11-3-4-12(16)13(17)8-11/h3-4,8,10H,2,5-7,9H2,1H3. The first-order chi connectivity index (χ1) is 9.47. The van der Waals surface area contributed by atoms with Gasteiger partial charge in [-0.1, -0.05) is 30.1 Å². The summed E-state index contributed by atoms with van der Waals surface area (Å²) in [7, 11) is 0. The van der Waals surface area contributed by atoms with Crippen LogP contribution in [0, 0.1) is 5.92 Å². The van der Waals surface area contributed by atoms with Crippen molar-refractivity contribution in [1.82, 2.24) is 4.90 Å². The highest BCUT2D eigenvalue weighted by Crippen LogP contribution is 2.23. The fourth-order valence-corrected chi connectivity index (χ4v) is 2.57. The summed E-state index contributed by atoms with van der Waals surface area (Å²) in [5.41, 5.74) is 0.490. The topological polar surface area (TPSA) is 37.4 Å². The second kappa shape index (κ2) is 6.59. The van der Waals surface area contributed by atoms with E-state index < -0.39 is 0 Å². The van der Waals surface area contributed by atoms with Crippen LogP contribution in [-0.2, 0) is 4.79 Å². The molecule has 1 saturated heterocycles. The number of amides is 1. The lowest BCUT2D eigenvalue weighted by molar-refractivity contribution is -0.130. The number of hydrogen-bond acceptors (Lipinski definition) is 2. The van der Waals surface area contributed by atoms with Crippen LogP contribution in [-0.4, -0.2) is 29.7 Å². The van der Waals surface area contributed by atoms with Gasteiger partial charge < -0.3 is 4.90 Å². The van der Waals surface area contributed by atoms with Crippen LogP contribution >= 0.6 is 23.2 Å². The number of rotatable bonds is 3. The molecule has 2 rings (SSSR count). The highest BCUT2D eigenvalue weighted by atomic mass is 35.5. The van der Waals surface area contributed by atoms with Crippen molar-refractivity contribution < 1.29 is 9.59 Å². The molecule has 1 aliphatic rings. The molecule has 0 aromatic heterocycles. The predicted octanol–water partition coefficient (Wildman–Crippen LogP) is 3.82. The Kier molecular flexibility index (Phi) is 5.06. The zero-order chi connectivity index (χ0) is 14.7. The molecule has 3 nitrogen and oxygen atoms in total. The first kappa shape index (κ1) is 15.3. The summed E-state index contributed by atoms with van der Waals surface area (Å²) in [4.78, 5) is 25.8. The van der Waals surface area contributed by atoms with Gasteiger partial charge in [0.1, 0.15) is 0 Å². The van der Waals surface area contributed by atoms with Gasteiger partial charge >= 0.3 is 0 Å². The Bertz CT molecular complexity index is 531. The monoisotopic (exact) mass is 313 g/mol. The van der Waals surface area contributed by atoms with Gasteiger partial charge in [-0.05, 0) is 37.0 Å². The van der Waals surface area contributed by atoms with Crippen LogP contribution in [0.2, 0.25) is 10.0 Å². The Hall–Kier alpha value is -1.06. The largest absolute Gasteiger partial charge is 0.335 e. The SMILES string of the molecule is CC1CCC(=O)N(CC(=O)c2ccc(Cl)c(Cl)c2)CC1. The molecule has 1 fully saturated rings. The zero-order valence-electron chi connectivity index (χ0n) is 11.4. The van der Waals surface area contributed by atoms with Crippen LogP contribution in [0.1, 0.15) is 36.5 Å². The van der Waals surface area contributed by atoms with Crippen LogP contribution in [0.25, 0.3) is 0 Å². The van der Waals surface area contributed by atoms with Crippen molar-refractivity contribution in [3.63, 3.8) is 0 Å². The Morgan fingerprint density at radius 1 is 1.30 bits per heavy atom. The third-order valence-corrected chi connectivity index (χ3v) is 4.41. The molecule has 20 heavy (non-hydrogen) atoms. The Balaban J connectivity index is 2.06. The van der Waals surface area contributed by atoms with Crippen molar-refractivity contribution in [2.24, 2.45) is 5.92 Å². The molecule has 1 atom stereocenters. The van der Waals surface area contributed by atoms with E-state index in [0.29, 0.717) is 34.5 Å². The van der Waals surface area contributed by atoms with Crippen LogP contribution in [0.15, 0.2) is 18.2 Å². The Labute approximate surface area is 128 Å². The minimum Gasteiger partial charge on any atom is -0.335 e. The summed E-state index contributed by atoms with van der Waals surface area (Å²) in [5, 5.41) is 0.774. The lowest BCUT2D eigenvalue weighted by atomic mass is 10.0. The van der Waals surface area contributed by atoms with Gasteiger partial charge in [-0.25, -0.2) is 0 Å². The van der Waals surface area contributed by atoms with E-state index in [1.54, 1.807) is 23.1 Å². The van der Waals surface area contributed by atoms with Crippen LogP contribution < -0.4 is 0 Å². The van der Waals surface area contributed by atoms with Crippen molar-refractivity contribution in [3.8, 4) is 0 Å². The van der Waals surface area contributed by atoms with Gasteiger partial charge in [0.15, 0.2) is 5.78 Å². The van der Waals surface area contributed by atoms with Crippen LogP contribution in [0.4, 0.5) is 0 Å². The summed E-state index contributed by atoms with van der Waals surface area (Å²) in [6.07, 6.45) is 2.37. The van der Waals surface area contributed by atoms with Crippen molar-refractivity contribution in [1.29, 1.82) is 0 Å². The number of hydrogen-bond donors (Lipinski definition) is 0. The second-order valence-corrected chi connectivity index (χ2v) is 6.11. The maximum Gasteiger partial charge on any atom is 0.222 e. The molecular weight excluding hydrogens is 297 g/mol. The maximum absolute atomic E-state index is 12.2. The van der Waals surface area contributed by atoms with Crippen molar-refractivity contribution in [2.75, 3.05) is 13.1 Å². The summed E-state index contributed by atoms with van der Waals surface area (Å²) in [5.74, 6) is 0.484. The molecule has 1 aromatic rings. The molecule has 108 valence electrons. The smallest absolute Gasteiger partial charge is 0.222 e. The highest BCUT2D eigenvalue weighted by molar-refractivity contribution is 6.42. The lowest BCUT2D eigenvalue weighted by Crippen LogP contribution is -2.35. The van der Waals surface area contributed by atoms with Gasteiger partial charge in [-0.2, -0.15) is 0 Å². The third kappa shape index (κ3) is 3.74. The molecule has 1 aromatic carbocycles. The van der Waals surface area contributed by atoms with Gasteiger partial charge in [0.05, 0.1) is 16.6 Å². The molecule has 5 heteroatoms. The van der Waals surface area contributed by atoms with E-state index in [-0.39, 0.29) is 18.2 Å². The van der Waals surface area contributed by atoms with E-state index in [2.05, 4.69) is 6.92 Å². The van der Waals surface area contributed by atoms with E-state index in [1.165, 1.54) is 0 Å². The van der Waals surface area contributed by atoms with Gasteiger partial charge in [0.2, 0.25) is 5.91 Å². The Morgan fingerprint density at radius 2 is 2.05 bits per heavy atom. The number of benzene rings is 1. The minimum atomic E-state index is -0.105. The molecule has 0 aliphatic carbocycles. The van der Waals surface area contributed by atoms with E-state index in [0.717, 1.165) is 12.8 Å². The number of Topliss-reactive ketones (excluding diaryl/α,β-unsaturated/α-hetero) is 1. The van der Waals surface area contributed by atoms with E-state index in [4.69, 9.17) is 23.2 Å². The van der Waals surface area contributed by atoms with Gasteiger partial charge in [-0.15, -0.1) is 0 Å². The number of carbonyl (C=O) groups excluding carboxylic acids is 2. The average molecular weight is 314 g/mol. The van der Waals surface area contributed by atoms with Gasteiger partial charge in [0, 0.05) is 18.5 Å². The van der Waals surface area contributed by atoms with Crippen molar-refractivity contribution >= 4 is 34.9 Å². The first-order valence-corrected chi connectivity index (χ1v) is 7.49. The summed E-state index contributed by atoms with van der Waals surface area (Å²) in [6, 6.07) is 4.79. The summed E-state index contributed by atoms with van der Waals surface area (Å²) in [6.45, 7) is 2.90. The highest BCUT2D eigenvalue weighted by Gasteiger charge is 2.22. The van der Waals surface area contributed by atoms with Crippen LogP contribution in [0.5, 0.6) is 0 Å². The summed E-state index contributed by atoms with van der Waals surface area (Å²) < 4.78 is 0. The van der Waals surface area contributed by atoms with E-state index >= 15 is 0 Å². The molecule has 1 aliphatic heterocycles. The third-order valence-electron chi connectivity index (χ3n) is 3.67. The Morgan fingerprint density at radius 3 is 2.75 bits per heavy atom. The maximum atomic E-state index is 12.2. The molecule has 0 saturated carbocycles. The average Bonchev–Trinajstić information content (AvgIpc) is 2.57. The molecule has 0 spiro atoms. The molecule has 1 amide bonds. The minimum absolute atomic E-state index is 0.0581. The molecule has 0 bridgehead atoms. The number of nitrogens with zero attached hydrogens (tertiary/aromatic N) is 1. The quantitative estimate of drug-likeness (QED) is 0.795. The van der Waals surface area contributed by atoms with Crippen LogP contribution in [0.3, 0.4) is 0 Å². The van der Waals surface area contributed by atoms with Gasteiger partial charge in [-0.3, -0.25) is 9.59 Å². The van der Waals surface area contributed by atoms with E-state index in [9.17, 15) is 9.59 Å². The molecule has 1 unspecified atom stereocenters. The number of halogens is 2. The number of carbonyl (C=O) groups is 2. The molecule has 1 heterocycles. The van der Waals surface area contributed by atoms with Gasteiger partial charge in [0.25, 0.3) is 0 Å². The van der Waals surface area contributed by atoms with E-state index in [1.807, 2.05) is 0 Å². The normalized spacial score (nSPS) is 19.9. The molecular formula is C15H17Cl2NO2. The first-order valence-electron chi connectivity index (χ1n) is 6.73. The number of ketones is 1. The fraction of sp³-hybridized carbons (Fsp3) is 0.467. The fourth-order valence-electron chi connectivity index (χ4n) is 2.27. The molecule has 0 radical (unpaired) electrons. The predicted molar refractivity (Wildman–Crippen MR) is 80.4 cm³/mol. The second-order valence-electron chi connectivity index (χ2n) is 5.30. The summed E-state index contributed by atoms with van der Waals surface area (Å²) >= 11 is 11.7.